The molecule has 0 aromatic carbocycles. The van der Waals surface area contributed by atoms with E-state index in [9.17, 15) is 0 Å². The van der Waals surface area contributed by atoms with E-state index in [0.717, 1.165) is 18.8 Å². The molecule has 0 aliphatic heterocycles. The minimum absolute atomic E-state index is 0.00755. The van der Waals surface area contributed by atoms with Gasteiger partial charge in [-0.3, -0.25) is 4.57 Å². The molecule has 2 rings (SSSR count). The third-order valence-corrected chi connectivity index (χ3v) is 2.53. The molecule has 0 unspecified atom stereocenters. The lowest BCUT2D eigenvalue weighted by molar-refractivity contribution is 0.221. The summed E-state index contributed by atoms with van der Waals surface area (Å²) in [6.07, 6.45) is 4.38. The first-order chi connectivity index (χ1) is 9.63. The molecule has 0 saturated carbocycles. The standard InChI is InChI=1S/C13H20N6O/c1-5-10-15-7-8-19(10)12-16-11(14-6-2)17-13(18-12)20-9(3)4/h7-9H,5-6H2,1-4H3,(H,14,16,17,18). The number of aryl methyl sites for hydroxylation is 1. The summed E-state index contributed by atoms with van der Waals surface area (Å²) in [6, 6.07) is 0.316. The Morgan fingerprint density at radius 2 is 2.05 bits per heavy atom. The Morgan fingerprint density at radius 3 is 2.70 bits per heavy atom. The molecule has 7 nitrogen and oxygen atoms in total. The molecule has 0 spiro atoms. The Kier molecular flexibility index (Phi) is 4.49. The van der Waals surface area contributed by atoms with E-state index >= 15 is 0 Å². The number of hydrogen-bond acceptors (Lipinski definition) is 6. The molecule has 0 atom stereocenters. The minimum Gasteiger partial charge on any atom is -0.461 e. The summed E-state index contributed by atoms with van der Waals surface area (Å²) in [4.78, 5) is 17.3. The van der Waals surface area contributed by atoms with Crippen LogP contribution in [-0.2, 0) is 6.42 Å². The van der Waals surface area contributed by atoms with Gasteiger partial charge in [-0.25, -0.2) is 4.98 Å². The highest BCUT2D eigenvalue weighted by Crippen LogP contribution is 2.14. The first-order valence-electron chi connectivity index (χ1n) is 6.83. The Morgan fingerprint density at radius 1 is 1.25 bits per heavy atom. The molecule has 1 N–H and O–H groups in total. The molecule has 0 fully saturated rings. The fourth-order valence-corrected chi connectivity index (χ4v) is 1.73. The highest BCUT2D eigenvalue weighted by molar-refractivity contribution is 5.31. The highest BCUT2D eigenvalue weighted by atomic mass is 16.5. The van der Waals surface area contributed by atoms with E-state index in [1.165, 1.54) is 0 Å². The molecule has 2 aromatic rings. The van der Waals surface area contributed by atoms with Crippen LogP contribution in [0.1, 0.15) is 33.5 Å². The fraction of sp³-hybridized carbons (Fsp3) is 0.538. The molecular formula is C13H20N6O. The van der Waals surface area contributed by atoms with E-state index in [1.807, 2.05) is 38.5 Å². The van der Waals surface area contributed by atoms with Gasteiger partial charge in [-0.1, -0.05) is 6.92 Å². The first-order valence-corrected chi connectivity index (χ1v) is 6.83. The van der Waals surface area contributed by atoms with Crippen molar-refractivity contribution in [1.82, 2.24) is 24.5 Å². The third kappa shape index (κ3) is 3.23. The molecule has 0 aliphatic rings. The molecule has 0 aliphatic carbocycles. The van der Waals surface area contributed by atoms with Gasteiger partial charge in [0, 0.05) is 25.4 Å². The van der Waals surface area contributed by atoms with Gasteiger partial charge in [-0.15, -0.1) is 0 Å². The van der Waals surface area contributed by atoms with Crippen LogP contribution in [0, 0.1) is 0 Å². The second-order valence-corrected chi connectivity index (χ2v) is 4.51. The smallest absolute Gasteiger partial charge is 0.323 e. The number of nitrogens with zero attached hydrogens (tertiary/aromatic N) is 5. The summed E-state index contributed by atoms with van der Waals surface area (Å²) in [5, 5.41) is 3.09. The minimum atomic E-state index is 0.00755. The predicted molar refractivity (Wildman–Crippen MR) is 76.3 cm³/mol. The molecule has 20 heavy (non-hydrogen) atoms. The Bertz CT molecular complexity index is 566. The maximum atomic E-state index is 5.58. The molecule has 2 heterocycles. The van der Waals surface area contributed by atoms with Crippen LogP contribution in [0.5, 0.6) is 6.01 Å². The van der Waals surface area contributed by atoms with Gasteiger partial charge in [0.15, 0.2) is 0 Å². The van der Waals surface area contributed by atoms with Crippen LogP contribution in [0.15, 0.2) is 12.4 Å². The summed E-state index contributed by atoms with van der Waals surface area (Å²) >= 11 is 0. The van der Waals surface area contributed by atoms with E-state index in [-0.39, 0.29) is 6.10 Å². The fourth-order valence-electron chi connectivity index (χ4n) is 1.73. The van der Waals surface area contributed by atoms with Crippen LogP contribution < -0.4 is 10.1 Å². The maximum Gasteiger partial charge on any atom is 0.323 e. The van der Waals surface area contributed by atoms with E-state index < -0.39 is 0 Å². The number of anilines is 1. The van der Waals surface area contributed by atoms with Crippen molar-refractivity contribution in [2.45, 2.75) is 40.2 Å². The van der Waals surface area contributed by atoms with Crippen LogP contribution >= 0.6 is 0 Å². The van der Waals surface area contributed by atoms with Gasteiger partial charge in [-0.05, 0) is 20.8 Å². The van der Waals surface area contributed by atoms with Crippen molar-refractivity contribution in [2.24, 2.45) is 0 Å². The second kappa shape index (κ2) is 6.31. The summed E-state index contributed by atoms with van der Waals surface area (Å²) < 4.78 is 7.42. The molecule has 0 amide bonds. The molecule has 2 aromatic heterocycles. The summed E-state index contributed by atoms with van der Waals surface area (Å²) in [5.41, 5.74) is 0. The van der Waals surface area contributed by atoms with Crippen LogP contribution in [0.3, 0.4) is 0 Å². The van der Waals surface area contributed by atoms with Crippen LogP contribution in [0.4, 0.5) is 5.95 Å². The van der Waals surface area contributed by atoms with E-state index in [2.05, 4.69) is 25.3 Å². The van der Waals surface area contributed by atoms with Crippen molar-refractivity contribution in [3.8, 4) is 12.0 Å². The average Bonchev–Trinajstić information content (AvgIpc) is 2.86. The van der Waals surface area contributed by atoms with Crippen molar-refractivity contribution in [2.75, 3.05) is 11.9 Å². The number of imidazole rings is 1. The molecule has 0 saturated heterocycles. The zero-order chi connectivity index (χ0) is 14.5. The van der Waals surface area contributed by atoms with Gasteiger partial charge in [0.25, 0.3) is 0 Å². The first kappa shape index (κ1) is 14.2. The van der Waals surface area contributed by atoms with Crippen LogP contribution in [0.25, 0.3) is 5.95 Å². The molecular weight excluding hydrogens is 256 g/mol. The van der Waals surface area contributed by atoms with Gasteiger partial charge in [0.05, 0.1) is 6.10 Å². The maximum absolute atomic E-state index is 5.58. The number of ether oxygens (including phenoxy) is 1. The van der Waals surface area contributed by atoms with Crippen molar-refractivity contribution in [3.05, 3.63) is 18.2 Å². The van der Waals surface area contributed by atoms with Gasteiger partial charge < -0.3 is 10.1 Å². The zero-order valence-electron chi connectivity index (χ0n) is 12.3. The van der Waals surface area contributed by atoms with Crippen molar-refractivity contribution in [1.29, 1.82) is 0 Å². The van der Waals surface area contributed by atoms with Gasteiger partial charge in [-0.2, -0.15) is 15.0 Å². The van der Waals surface area contributed by atoms with Gasteiger partial charge in [0.1, 0.15) is 5.82 Å². The molecule has 0 radical (unpaired) electrons. The van der Waals surface area contributed by atoms with Gasteiger partial charge in [0.2, 0.25) is 11.9 Å². The highest BCUT2D eigenvalue weighted by Gasteiger charge is 2.12. The summed E-state index contributed by atoms with van der Waals surface area (Å²) in [7, 11) is 0. The number of nitrogens with one attached hydrogen (secondary N) is 1. The van der Waals surface area contributed by atoms with E-state index in [4.69, 9.17) is 4.74 Å². The lowest BCUT2D eigenvalue weighted by atomic mass is 10.4. The summed E-state index contributed by atoms with van der Waals surface area (Å²) in [5.74, 6) is 1.92. The van der Waals surface area contributed by atoms with Gasteiger partial charge >= 0.3 is 6.01 Å². The predicted octanol–water partition coefficient (Wildman–Crippen LogP) is 1.84. The van der Waals surface area contributed by atoms with Crippen molar-refractivity contribution < 1.29 is 4.74 Å². The normalized spacial score (nSPS) is 10.8. The number of hydrogen-bond donors (Lipinski definition) is 1. The monoisotopic (exact) mass is 276 g/mol. The Balaban J connectivity index is 2.43. The quantitative estimate of drug-likeness (QED) is 0.867. The van der Waals surface area contributed by atoms with Crippen molar-refractivity contribution >= 4 is 5.95 Å². The van der Waals surface area contributed by atoms with Crippen LogP contribution in [-0.4, -0.2) is 37.2 Å². The lowest BCUT2D eigenvalue weighted by Gasteiger charge is -2.11. The zero-order valence-corrected chi connectivity index (χ0v) is 12.3. The largest absolute Gasteiger partial charge is 0.461 e. The number of aromatic nitrogens is 5. The lowest BCUT2D eigenvalue weighted by Crippen LogP contribution is -2.14. The third-order valence-electron chi connectivity index (χ3n) is 2.53. The average molecular weight is 276 g/mol. The second-order valence-electron chi connectivity index (χ2n) is 4.51. The molecule has 7 heteroatoms. The molecule has 108 valence electrons. The topological polar surface area (TPSA) is 77.8 Å². The Labute approximate surface area is 118 Å². The van der Waals surface area contributed by atoms with E-state index in [1.54, 1.807) is 6.20 Å². The van der Waals surface area contributed by atoms with Crippen molar-refractivity contribution in [3.63, 3.8) is 0 Å². The Hall–Kier alpha value is -2.18. The van der Waals surface area contributed by atoms with Crippen LogP contribution in [0.2, 0.25) is 0 Å². The molecule has 0 bridgehead atoms. The van der Waals surface area contributed by atoms with E-state index in [0.29, 0.717) is 17.9 Å². The SMILES string of the molecule is CCNc1nc(OC(C)C)nc(-n2ccnc2CC)n1. The number of rotatable bonds is 6. The summed E-state index contributed by atoms with van der Waals surface area (Å²) in [6.45, 7) is 8.63.